The molecule has 2 aliphatic heterocycles. The molecule has 4 nitrogen and oxygen atoms in total. The molecule has 2 aliphatic rings. The third-order valence-corrected chi connectivity index (χ3v) is 1.03. The maximum Gasteiger partial charge on any atom is 0.146 e. The van der Waals surface area contributed by atoms with Crippen molar-refractivity contribution in [1.29, 1.82) is 0 Å². The first-order chi connectivity index (χ1) is 5.91. The number of hydrogen-bond donors (Lipinski definition) is 0. The first kappa shape index (κ1) is 11.8. The average molecular weight is 178 g/mol. The van der Waals surface area contributed by atoms with E-state index in [2.05, 4.69) is 9.47 Å². The van der Waals surface area contributed by atoms with Crippen molar-refractivity contribution in [1.82, 2.24) is 0 Å². The minimum Gasteiger partial charge on any atom is -0.385 e. The van der Waals surface area contributed by atoms with E-state index in [0.717, 1.165) is 33.0 Å². The van der Waals surface area contributed by atoms with Crippen molar-refractivity contribution in [3.63, 3.8) is 0 Å². The maximum atomic E-state index is 4.72. The molecule has 0 aromatic heterocycles. The monoisotopic (exact) mass is 178 g/mol. The molecule has 0 saturated carbocycles. The van der Waals surface area contributed by atoms with Gasteiger partial charge in [-0.2, -0.15) is 0 Å². The molecule has 0 bridgehead atoms. The van der Waals surface area contributed by atoms with Crippen molar-refractivity contribution >= 4 is 0 Å². The molecule has 0 atom stereocenters. The summed E-state index contributed by atoms with van der Waals surface area (Å²) in [6.45, 7) is 6.83. The van der Waals surface area contributed by atoms with E-state index >= 15 is 0 Å². The summed E-state index contributed by atoms with van der Waals surface area (Å²) in [5.74, 6) is 0. The van der Waals surface area contributed by atoms with Crippen LogP contribution in [0, 0.1) is 0 Å². The Bertz CT molecular complexity index is 59.1. The summed E-state index contributed by atoms with van der Waals surface area (Å²) in [6, 6.07) is 0. The summed E-state index contributed by atoms with van der Waals surface area (Å²) in [7, 11) is 1.68. The van der Waals surface area contributed by atoms with Crippen molar-refractivity contribution in [3.8, 4) is 0 Å². The Hall–Kier alpha value is -0.160. The standard InChI is InChI=1S/C3H6O2.C3H8O.C2H4O/c1-2-5-3-4-1;1-3-4-2;1-2-3-1/h1-3H2;3H2,1-2H3;1-2H2. The summed E-state index contributed by atoms with van der Waals surface area (Å²) in [6.07, 6.45) is 0. The lowest BCUT2D eigenvalue weighted by atomic mass is 10.8. The predicted octanol–water partition coefficient (Wildman–Crippen LogP) is 0.660. The first-order valence-electron chi connectivity index (χ1n) is 4.14. The smallest absolute Gasteiger partial charge is 0.146 e. The second kappa shape index (κ2) is 10.8. The minimum atomic E-state index is 0.500. The van der Waals surface area contributed by atoms with Crippen molar-refractivity contribution in [3.05, 3.63) is 0 Å². The van der Waals surface area contributed by atoms with Gasteiger partial charge in [0.15, 0.2) is 0 Å². The number of ether oxygens (including phenoxy) is 4. The van der Waals surface area contributed by atoms with Gasteiger partial charge >= 0.3 is 0 Å². The molecule has 0 aromatic rings. The molecule has 74 valence electrons. The van der Waals surface area contributed by atoms with E-state index in [4.69, 9.17) is 9.47 Å². The largest absolute Gasteiger partial charge is 0.385 e. The Labute approximate surface area is 73.7 Å². The molecule has 0 aliphatic carbocycles. The lowest BCUT2D eigenvalue weighted by Gasteiger charge is -1.76. The van der Waals surface area contributed by atoms with Gasteiger partial charge in [-0.25, -0.2) is 0 Å². The molecule has 0 N–H and O–H groups in total. The molecular formula is C8H18O4. The predicted molar refractivity (Wildman–Crippen MR) is 45.1 cm³/mol. The van der Waals surface area contributed by atoms with Crippen LogP contribution in [-0.2, 0) is 18.9 Å². The molecule has 0 spiro atoms. The second-order valence-electron chi connectivity index (χ2n) is 2.12. The van der Waals surface area contributed by atoms with Crippen LogP contribution in [0.15, 0.2) is 0 Å². The van der Waals surface area contributed by atoms with Crippen molar-refractivity contribution < 1.29 is 18.9 Å². The quantitative estimate of drug-likeness (QED) is 0.553. The summed E-state index contributed by atoms with van der Waals surface area (Å²) < 4.78 is 18.5. The Morgan fingerprint density at radius 3 is 1.42 bits per heavy atom. The molecule has 4 heteroatoms. The van der Waals surface area contributed by atoms with Gasteiger partial charge in [-0.05, 0) is 6.92 Å². The summed E-state index contributed by atoms with van der Waals surface area (Å²) >= 11 is 0. The number of rotatable bonds is 1. The fraction of sp³-hybridized carbons (Fsp3) is 1.00. The van der Waals surface area contributed by atoms with Gasteiger partial charge in [0.2, 0.25) is 0 Å². The third-order valence-electron chi connectivity index (χ3n) is 1.03. The highest BCUT2D eigenvalue weighted by atomic mass is 16.7. The Morgan fingerprint density at radius 2 is 1.33 bits per heavy atom. The number of epoxide rings is 1. The van der Waals surface area contributed by atoms with E-state index in [9.17, 15) is 0 Å². The lowest BCUT2D eigenvalue weighted by Crippen LogP contribution is -1.79. The molecular weight excluding hydrogens is 160 g/mol. The number of methoxy groups -OCH3 is 1. The van der Waals surface area contributed by atoms with Gasteiger partial charge < -0.3 is 18.9 Å². The third kappa shape index (κ3) is 16.4. The Kier molecular flexibility index (Phi) is 10.7. The van der Waals surface area contributed by atoms with Crippen LogP contribution < -0.4 is 0 Å². The molecule has 12 heavy (non-hydrogen) atoms. The van der Waals surface area contributed by atoms with Gasteiger partial charge in [-0.15, -0.1) is 0 Å². The second-order valence-corrected chi connectivity index (χ2v) is 2.12. The van der Waals surface area contributed by atoms with Gasteiger partial charge in [-0.3, -0.25) is 0 Å². The molecule has 0 radical (unpaired) electrons. The molecule has 2 heterocycles. The van der Waals surface area contributed by atoms with Crippen molar-refractivity contribution in [2.24, 2.45) is 0 Å². The Morgan fingerprint density at radius 1 is 1.00 bits per heavy atom. The van der Waals surface area contributed by atoms with E-state index in [1.54, 1.807) is 7.11 Å². The molecule has 2 fully saturated rings. The molecule has 0 aromatic carbocycles. The van der Waals surface area contributed by atoms with E-state index in [-0.39, 0.29) is 0 Å². The highest BCUT2D eigenvalue weighted by Gasteiger charge is 1.94. The van der Waals surface area contributed by atoms with E-state index in [1.807, 2.05) is 6.92 Å². The molecule has 0 amide bonds. The fourth-order valence-electron chi connectivity index (χ4n) is 0.295. The van der Waals surface area contributed by atoms with Crippen LogP contribution in [0.4, 0.5) is 0 Å². The van der Waals surface area contributed by atoms with Crippen molar-refractivity contribution in [2.45, 2.75) is 6.92 Å². The summed E-state index contributed by atoms with van der Waals surface area (Å²) in [5, 5.41) is 0. The van der Waals surface area contributed by atoms with Gasteiger partial charge in [0.25, 0.3) is 0 Å². The van der Waals surface area contributed by atoms with Crippen LogP contribution in [0.3, 0.4) is 0 Å². The minimum absolute atomic E-state index is 0.500. The van der Waals surface area contributed by atoms with Crippen LogP contribution in [-0.4, -0.2) is 46.9 Å². The highest BCUT2D eigenvalue weighted by Crippen LogP contribution is 1.86. The average Bonchev–Trinajstić information content (AvgIpc) is 2.89. The fourth-order valence-corrected chi connectivity index (χ4v) is 0.295. The van der Waals surface area contributed by atoms with Crippen LogP contribution in [0.25, 0.3) is 0 Å². The van der Waals surface area contributed by atoms with Crippen molar-refractivity contribution in [2.75, 3.05) is 46.9 Å². The molecule has 2 saturated heterocycles. The Balaban J connectivity index is 0.000000156. The van der Waals surface area contributed by atoms with Gasteiger partial charge in [0, 0.05) is 13.7 Å². The zero-order valence-electron chi connectivity index (χ0n) is 7.88. The zero-order valence-corrected chi connectivity index (χ0v) is 7.88. The SMILES string of the molecule is C1CO1.C1COCO1.CCOC. The number of hydrogen-bond acceptors (Lipinski definition) is 4. The van der Waals surface area contributed by atoms with Crippen LogP contribution in [0.1, 0.15) is 6.92 Å². The zero-order chi connectivity index (χ0) is 9.07. The van der Waals surface area contributed by atoms with Gasteiger partial charge in [0.05, 0.1) is 26.4 Å². The van der Waals surface area contributed by atoms with Crippen LogP contribution in [0.5, 0.6) is 0 Å². The van der Waals surface area contributed by atoms with Crippen LogP contribution >= 0.6 is 0 Å². The van der Waals surface area contributed by atoms with Gasteiger partial charge in [0.1, 0.15) is 6.79 Å². The summed E-state index contributed by atoms with van der Waals surface area (Å²) in [4.78, 5) is 0. The maximum absolute atomic E-state index is 4.72. The van der Waals surface area contributed by atoms with E-state index in [1.165, 1.54) is 0 Å². The topological polar surface area (TPSA) is 40.2 Å². The summed E-state index contributed by atoms with van der Waals surface area (Å²) in [5.41, 5.74) is 0. The van der Waals surface area contributed by atoms with E-state index in [0.29, 0.717) is 6.79 Å². The normalized spacial score (nSPS) is 18.5. The highest BCUT2D eigenvalue weighted by molar-refractivity contribution is 4.36. The molecule has 0 unspecified atom stereocenters. The van der Waals surface area contributed by atoms with Gasteiger partial charge in [-0.1, -0.05) is 0 Å². The first-order valence-corrected chi connectivity index (χ1v) is 4.14. The van der Waals surface area contributed by atoms with Crippen LogP contribution in [0.2, 0.25) is 0 Å². The lowest BCUT2D eigenvalue weighted by molar-refractivity contribution is 0.0692. The van der Waals surface area contributed by atoms with E-state index < -0.39 is 0 Å². The molecule has 2 rings (SSSR count).